The van der Waals surface area contributed by atoms with Crippen molar-refractivity contribution in [3.63, 3.8) is 0 Å². The summed E-state index contributed by atoms with van der Waals surface area (Å²) in [5.41, 5.74) is 0. The molecule has 23 heavy (non-hydrogen) atoms. The van der Waals surface area contributed by atoms with Gasteiger partial charge in [0.05, 0.1) is 5.00 Å². The molecule has 0 amide bonds. The molecule has 124 valence electrons. The quantitative estimate of drug-likeness (QED) is 0.683. The minimum atomic E-state index is 0.856. The van der Waals surface area contributed by atoms with Gasteiger partial charge in [-0.05, 0) is 24.4 Å². The summed E-state index contributed by atoms with van der Waals surface area (Å²) in [6.45, 7) is 7.88. The van der Waals surface area contributed by atoms with E-state index in [1.54, 1.807) is 0 Å². The Hall–Kier alpha value is -2.02. The molecule has 0 saturated carbocycles. The molecule has 0 aromatic carbocycles. The number of hydrogen-bond donors (Lipinski definition) is 1. The molecule has 2 aromatic rings. The van der Waals surface area contributed by atoms with E-state index < -0.39 is 0 Å². The van der Waals surface area contributed by atoms with Gasteiger partial charge in [0, 0.05) is 58.7 Å². The van der Waals surface area contributed by atoms with E-state index >= 15 is 0 Å². The van der Waals surface area contributed by atoms with Crippen LogP contribution in [0, 0.1) is 6.92 Å². The van der Waals surface area contributed by atoms with Crippen molar-refractivity contribution in [1.29, 1.82) is 0 Å². The molecule has 0 atom stereocenters. The van der Waals surface area contributed by atoms with Gasteiger partial charge in [0.1, 0.15) is 5.82 Å². The highest BCUT2D eigenvalue weighted by Gasteiger charge is 2.20. The lowest BCUT2D eigenvalue weighted by Crippen LogP contribution is -2.52. The number of nitrogens with one attached hydrogen (secondary N) is 1. The van der Waals surface area contributed by atoms with Crippen molar-refractivity contribution < 1.29 is 0 Å². The number of aryl methyl sites for hydroxylation is 1. The van der Waals surface area contributed by atoms with E-state index in [4.69, 9.17) is 0 Å². The van der Waals surface area contributed by atoms with Crippen LogP contribution in [0.1, 0.15) is 5.82 Å². The Bertz CT molecular complexity index is 625. The summed E-state index contributed by atoms with van der Waals surface area (Å²) in [7, 11) is 1.86. The van der Waals surface area contributed by atoms with Crippen LogP contribution in [0.4, 0.5) is 5.00 Å². The first kappa shape index (κ1) is 15.9. The summed E-state index contributed by atoms with van der Waals surface area (Å²) in [4.78, 5) is 13.5. The van der Waals surface area contributed by atoms with E-state index in [2.05, 4.69) is 47.2 Å². The highest BCUT2D eigenvalue weighted by atomic mass is 32.1. The fourth-order valence-corrected chi connectivity index (χ4v) is 3.63. The van der Waals surface area contributed by atoms with Gasteiger partial charge < -0.3 is 19.7 Å². The molecule has 7 heteroatoms. The Balaban J connectivity index is 1.47. The molecule has 0 spiro atoms. The van der Waals surface area contributed by atoms with Gasteiger partial charge in [-0.1, -0.05) is 0 Å². The van der Waals surface area contributed by atoms with Crippen LogP contribution < -0.4 is 10.2 Å². The van der Waals surface area contributed by atoms with Crippen molar-refractivity contribution in [1.82, 2.24) is 19.8 Å². The second kappa shape index (κ2) is 7.50. The molecule has 0 unspecified atom stereocenters. The monoisotopic (exact) mass is 332 g/mol. The number of nitrogens with zero attached hydrogens (tertiary/aromatic N) is 5. The third-order valence-corrected chi connectivity index (χ3v) is 5.10. The number of guanidine groups is 1. The molecule has 1 fully saturated rings. The molecule has 0 radical (unpaired) electrons. The molecule has 0 aliphatic carbocycles. The van der Waals surface area contributed by atoms with E-state index in [0.717, 1.165) is 51.1 Å². The van der Waals surface area contributed by atoms with Crippen LogP contribution in [0.15, 0.2) is 34.9 Å². The maximum absolute atomic E-state index is 4.43. The molecule has 0 bridgehead atoms. The molecule has 1 saturated heterocycles. The second-order valence-corrected chi connectivity index (χ2v) is 6.49. The molecule has 1 aliphatic rings. The first-order valence-corrected chi connectivity index (χ1v) is 8.87. The minimum Gasteiger partial charge on any atom is -0.360 e. The van der Waals surface area contributed by atoms with E-state index in [1.165, 1.54) is 5.00 Å². The zero-order chi connectivity index (χ0) is 16.1. The van der Waals surface area contributed by atoms with E-state index in [-0.39, 0.29) is 0 Å². The van der Waals surface area contributed by atoms with Crippen LogP contribution in [-0.2, 0) is 6.54 Å². The third-order valence-electron chi connectivity index (χ3n) is 4.17. The van der Waals surface area contributed by atoms with Gasteiger partial charge >= 0.3 is 0 Å². The van der Waals surface area contributed by atoms with Gasteiger partial charge in [0.25, 0.3) is 0 Å². The Morgan fingerprint density at radius 3 is 2.78 bits per heavy atom. The first-order valence-electron chi connectivity index (χ1n) is 7.99. The van der Waals surface area contributed by atoms with Crippen LogP contribution in [-0.4, -0.2) is 60.2 Å². The standard InChI is InChI=1S/C16H24N6S/c1-14-18-5-7-20(14)8-6-19-16(17-2)22-11-9-21(10-12-22)15-4-3-13-23-15/h3-5,7,13H,6,8-12H2,1-2H3,(H,17,19). The number of anilines is 1. The van der Waals surface area contributed by atoms with Crippen LogP contribution in [0.5, 0.6) is 0 Å². The number of imidazole rings is 1. The topological polar surface area (TPSA) is 48.7 Å². The molecule has 2 aromatic heterocycles. The zero-order valence-corrected chi connectivity index (χ0v) is 14.6. The predicted molar refractivity (Wildman–Crippen MR) is 96.4 cm³/mol. The molecule has 1 aliphatic heterocycles. The van der Waals surface area contributed by atoms with E-state index in [1.807, 2.05) is 37.7 Å². The number of piperazine rings is 1. The van der Waals surface area contributed by atoms with Gasteiger partial charge in [0.2, 0.25) is 0 Å². The van der Waals surface area contributed by atoms with E-state index in [0.29, 0.717) is 0 Å². The van der Waals surface area contributed by atoms with Gasteiger partial charge in [-0.3, -0.25) is 4.99 Å². The Labute approximate surface area is 141 Å². The van der Waals surface area contributed by atoms with Crippen LogP contribution in [0.3, 0.4) is 0 Å². The number of aliphatic imine (C=N–C) groups is 1. The van der Waals surface area contributed by atoms with Gasteiger partial charge in [-0.15, -0.1) is 11.3 Å². The average molecular weight is 332 g/mol. The summed E-state index contributed by atoms with van der Waals surface area (Å²) in [6.07, 6.45) is 3.85. The van der Waals surface area contributed by atoms with Crippen molar-refractivity contribution in [2.75, 3.05) is 44.7 Å². The lowest BCUT2D eigenvalue weighted by atomic mass is 10.3. The fourth-order valence-electron chi connectivity index (χ4n) is 2.85. The van der Waals surface area contributed by atoms with Crippen molar-refractivity contribution in [2.45, 2.75) is 13.5 Å². The van der Waals surface area contributed by atoms with Crippen molar-refractivity contribution in [3.05, 3.63) is 35.7 Å². The molecule has 3 rings (SSSR count). The number of rotatable bonds is 4. The first-order chi connectivity index (χ1) is 11.3. The number of thiophene rings is 1. The Morgan fingerprint density at radius 2 is 2.17 bits per heavy atom. The largest absolute Gasteiger partial charge is 0.360 e. The van der Waals surface area contributed by atoms with E-state index in [9.17, 15) is 0 Å². The third kappa shape index (κ3) is 3.85. The molecule has 6 nitrogen and oxygen atoms in total. The normalized spacial score (nSPS) is 16.0. The lowest BCUT2D eigenvalue weighted by Gasteiger charge is -2.37. The SMILES string of the molecule is CN=C(NCCn1ccnc1C)N1CCN(c2cccs2)CC1. The van der Waals surface area contributed by atoms with Gasteiger partial charge in [0.15, 0.2) is 5.96 Å². The zero-order valence-electron chi connectivity index (χ0n) is 13.8. The number of aromatic nitrogens is 2. The molecule has 3 heterocycles. The Kier molecular flexibility index (Phi) is 5.17. The van der Waals surface area contributed by atoms with Crippen molar-refractivity contribution in [3.8, 4) is 0 Å². The Morgan fingerprint density at radius 1 is 1.35 bits per heavy atom. The maximum Gasteiger partial charge on any atom is 0.193 e. The number of hydrogen-bond acceptors (Lipinski definition) is 4. The highest BCUT2D eigenvalue weighted by molar-refractivity contribution is 7.14. The van der Waals surface area contributed by atoms with Crippen LogP contribution in [0.2, 0.25) is 0 Å². The smallest absolute Gasteiger partial charge is 0.193 e. The summed E-state index contributed by atoms with van der Waals surface area (Å²) in [5, 5.41) is 6.97. The van der Waals surface area contributed by atoms with Gasteiger partial charge in [-0.25, -0.2) is 4.98 Å². The fraction of sp³-hybridized carbons (Fsp3) is 0.500. The highest BCUT2D eigenvalue weighted by Crippen LogP contribution is 2.22. The molecule has 1 N–H and O–H groups in total. The van der Waals surface area contributed by atoms with Crippen molar-refractivity contribution in [2.24, 2.45) is 4.99 Å². The summed E-state index contributed by atoms with van der Waals surface area (Å²) in [5.74, 6) is 2.04. The van der Waals surface area contributed by atoms with Crippen LogP contribution in [0.25, 0.3) is 0 Å². The summed E-state index contributed by atoms with van der Waals surface area (Å²) in [6, 6.07) is 4.31. The predicted octanol–water partition coefficient (Wildman–Crippen LogP) is 1.65. The summed E-state index contributed by atoms with van der Waals surface area (Å²) < 4.78 is 2.15. The second-order valence-electron chi connectivity index (χ2n) is 5.57. The lowest BCUT2D eigenvalue weighted by molar-refractivity contribution is 0.372. The molecular weight excluding hydrogens is 308 g/mol. The average Bonchev–Trinajstić information content (AvgIpc) is 3.24. The molecular formula is C16H24N6S. The minimum absolute atomic E-state index is 0.856. The summed E-state index contributed by atoms with van der Waals surface area (Å²) >= 11 is 1.81. The maximum atomic E-state index is 4.43. The van der Waals surface area contributed by atoms with Crippen LogP contribution >= 0.6 is 11.3 Å². The van der Waals surface area contributed by atoms with Gasteiger partial charge in [-0.2, -0.15) is 0 Å². The van der Waals surface area contributed by atoms with Crippen molar-refractivity contribution >= 4 is 22.3 Å².